The van der Waals surface area contributed by atoms with Gasteiger partial charge in [0, 0.05) is 12.1 Å². The quantitative estimate of drug-likeness (QED) is 0.644. The van der Waals surface area contributed by atoms with Gasteiger partial charge in [-0.25, -0.2) is 0 Å². The molecule has 0 heterocycles. The Morgan fingerprint density at radius 3 is 2.42 bits per heavy atom. The third-order valence-electron chi connectivity index (χ3n) is 2.85. The largest absolute Gasteiger partial charge is 0.311 e. The van der Waals surface area contributed by atoms with E-state index in [1.165, 1.54) is 32.1 Å². The molecule has 0 radical (unpaired) electrons. The minimum Gasteiger partial charge on any atom is -0.311 e. The normalized spacial score (nSPS) is 22.2. The Labute approximate surface area is 76.9 Å². The summed E-state index contributed by atoms with van der Waals surface area (Å²) in [6.07, 6.45) is 6.85. The Morgan fingerprint density at radius 2 is 2.00 bits per heavy atom. The van der Waals surface area contributed by atoms with Crippen LogP contribution < -0.4 is 5.32 Å². The maximum Gasteiger partial charge on any atom is 0.00951 e. The molecule has 0 aliphatic heterocycles. The van der Waals surface area contributed by atoms with Crippen molar-refractivity contribution < 1.29 is 0 Å². The fourth-order valence-corrected chi connectivity index (χ4v) is 1.97. The lowest BCUT2D eigenvalue weighted by molar-refractivity contribution is 0.384. The van der Waals surface area contributed by atoms with Crippen LogP contribution in [0.2, 0.25) is 0 Å². The predicted molar refractivity (Wildman–Crippen MR) is 54.3 cm³/mol. The fraction of sp³-hybridized carbons (Fsp3) is 1.00. The van der Waals surface area contributed by atoms with Gasteiger partial charge in [-0.15, -0.1) is 0 Å². The molecule has 1 fully saturated rings. The van der Waals surface area contributed by atoms with Crippen LogP contribution in [0.15, 0.2) is 0 Å². The minimum atomic E-state index is 0.723. The molecule has 0 aromatic rings. The third-order valence-corrected chi connectivity index (χ3v) is 2.85. The molecule has 0 spiro atoms. The maximum atomic E-state index is 3.73. The second-order valence-electron chi connectivity index (χ2n) is 4.21. The van der Waals surface area contributed by atoms with Gasteiger partial charge in [-0.1, -0.05) is 20.3 Å². The predicted octanol–water partition coefficient (Wildman–Crippen LogP) is 2.95. The number of hydrogen-bond donors (Lipinski definition) is 1. The first kappa shape index (κ1) is 10.0. The summed E-state index contributed by atoms with van der Waals surface area (Å²) in [5.74, 6) is 1.01. The van der Waals surface area contributed by atoms with Crippen molar-refractivity contribution in [2.45, 2.75) is 65.0 Å². The van der Waals surface area contributed by atoms with E-state index < -0.39 is 0 Å². The zero-order valence-electron chi connectivity index (χ0n) is 8.77. The van der Waals surface area contributed by atoms with Gasteiger partial charge in [0.2, 0.25) is 0 Å². The number of rotatable bonds is 6. The van der Waals surface area contributed by atoms with Gasteiger partial charge in [-0.2, -0.15) is 0 Å². The highest BCUT2D eigenvalue weighted by atomic mass is 15.0. The third kappa shape index (κ3) is 3.14. The highest BCUT2D eigenvalue weighted by molar-refractivity contribution is 4.86. The van der Waals surface area contributed by atoms with Crippen LogP contribution >= 0.6 is 0 Å². The topological polar surface area (TPSA) is 12.0 Å². The van der Waals surface area contributed by atoms with Crippen LogP contribution in [-0.4, -0.2) is 12.1 Å². The molecule has 2 atom stereocenters. The Morgan fingerprint density at radius 1 is 1.33 bits per heavy atom. The molecule has 1 aliphatic rings. The minimum absolute atomic E-state index is 0.723. The van der Waals surface area contributed by atoms with E-state index in [0.717, 1.165) is 18.0 Å². The van der Waals surface area contributed by atoms with Crippen molar-refractivity contribution >= 4 is 0 Å². The molecule has 1 saturated carbocycles. The summed E-state index contributed by atoms with van der Waals surface area (Å²) < 4.78 is 0. The van der Waals surface area contributed by atoms with E-state index in [4.69, 9.17) is 0 Å². The first-order valence-electron chi connectivity index (χ1n) is 5.54. The molecule has 0 aromatic heterocycles. The van der Waals surface area contributed by atoms with Crippen LogP contribution in [0.25, 0.3) is 0 Å². The van der Waals surface area contributed by atoms with E-state index >= 15 is 0 Å². The van der Waals surface area contributed by atoms with E-state index in [0.29, 0.717) is 0 Å². The molecule has 1 nitrogen and oxygen atoms in total. The van der Waals surface area contributed by atoms with E-state index in [9.17, 15) is 0 Å². The maximum absolute atomic E-state index is 3.73. The summed E-state index contributed by atoms with van der Waals surface area (Å²) in [4.78, 5) is 0. The van der Waals surface area contributed by atoms with Crippen molar-refractivity contribution in [3.8, 4) is 0 Å². The summed E-state index contributed by atoms with van der Waals surface area (Å²) in [6.45, 7) is 6.87. The molecule has 1 heteroatoms. The molecule has 1 aliphatic carbocycles. The average molecular weight is 169 g/mol. The van der Waals surface area contributed by atoms with Gasteiger partial charge in [0.1, 0.15) is 0 Å². The molecule has 0 saturated heterocycles. The van der Waals surface area contributed by atoms with Gasteiger partial charge < -0.3 is 5.32 Å². The van der Waals surface area contributed by atoms with Gasteiger partial charge in [-0.3, -0.25) is 0 Å². The number of nitrogens with one attached hydrogen (secondary N) is 1. The van der Waals surface area contributed by atoms with Crippen LogP contribution in [-0.2, 0) is 0 Å². The van der Waals surface area contributed by atoms with E-state index in [-0.39, 0.29) is 0 Å². The summed E-state index contributed by atoms with van der Waals surface area (Å²) in [7, 11) is 0. The molecular formula is C11H23N. The fourth-order valence-electron chi connectivity index (χ4n) is 1.97. The molecule has 12 heavy (non-hydrogen) atoms. The van der Waals surface area contributed by atoms with Crippen LogP contribution in [0, 0.1) is 5.92 Å². The lowest BCUT2D eigenvalue weighted by atomic mass is 10.1. The molecule has 1 rings (SSSR count). The monoisotopic (exact) mass is 169 g/mol. The van der Waals surface area contributed by atoms with Crippen molar-refractivity contribution in [3.05, 3.63) is 0 Å². The Kier molecular flexibility index (Phi) is 4.07. The van der Waals surface area contributed by atoms with Crippen molar-refractivity contribution in [2.75, 3.05) is 0 Å². The zero-order valence-corrected chi connectivity index (χ0v) is 8.77. The van der Waals surface area contributed by atoms with Crippen molar-refractivity contribution in [1.82, 2.24) is 5.32 Å². The Hall–Kier alpha value is -0.0400. The molecular weight excluding hydrogens is 146 g/mol. The molecule has 1 N–H and O–H groups in total. The van der Waals surface area contributed by atoms with Crippen LogP contribution in [0.4, 0.5) is 0 Å². The van der Waals surface area contributed by atoms with Crippen molar-refractivity contribution in [1.29, 1.82) is 0 Å². The lowest BCUT2D eigenvalue weighted by Crippen LogP contribution is -2.37. The van der Waals surface area contributed by atoms with E-state index in [2.05, 4.69) is 26.1 Å². The summed E-state index contributed by atoms with van der Waals surface area (Å²) in [5, 5.41) is 3.73. The van der Waals surface area contributed by atoms with E-state index in [1.54, 1.807) is 0 Å². The lowest BCUT2D eigenvalue weighted by Gasteiger charge is -2.21. The van der Waals surface area contributed by atoms with Crippen LogP contribution in [0.5, 0.6) is 0 Å². The highest BCUT2D eigenvalue weighted by Crippen LogP contribution is 2.34. The van der Waals surface area contributed by atoms with Crippen LogP contribution in [0.1, 0.15) is 52.9 Å². The Balaban J connectivity index is 2.16. The van der Waals surface area contributed by atoms with Gasteiger partial charge in [0.05, 0.1) is 0 Å². The highest BCUT2D eigenvalue weighted by Gasteiger charge is 2.30. The standard InChI is InChI=1S/C11H23N/c1-4-6-9(3)12-11(5-2)10-7-8-10/h9-12H,4-8H2,1-3H3. The second-order valence-corrected chi connectivity index (χ2v) is 4.21. The van der Waals surface area contributed by atoms with Crippen molar-refractivity contribution in [3.63, 3.8) is 0 Å². The molecule has 0 amide bonds. The molecule has 72 valence electrons. The second kappa shape index (κ2) is 4.86. The summed E-state index contributed by atoms with van der Waals surface area (Å²) >= 11 is 0. The molecule has 0 aromatic carbocycles. The SMILES string of the molecule is CCCC(C)NC(CC)C1CC1. The van der Waals surface area contributed by atoms with Gasteiger partial charge in [0.15, 0.2) is 0 Å². The van der Waals surface area contributed by atoms with Gasteiger partial charge in [-0.05, 0) is 38.5 Å². The average Bonchev–Trinajstić information content (AvgIpc) is 2.83. The van der Waals surface area contributed by atoms with Crippen LogP contribution in [0.3, 0.4) is 0 Å². The Bertz CT molecular complexity index is 118. The summed E-state index contributed by atoms with van der Waals surface area (Å²) in [6, 6.07) is 1.53. The molecule has 0 bridgehead atoms. The number of hydrogen-bond acceptors (Lipinski definition) is 1. The van der Waals surface area contributed by atoms with Crippen molar-refractivity contribution in [2.24, 2.45) is 5.92 Å². The van der Waals surface area contributed by atoms with Gasteiger partial charge >= 0.3 is 0 Å². The van der Waals surface area contributed by atoms with Gasteiger partial charge in [0.25, 0.3) is 0 Å². The first-order valence-corrected chi connectivity index (χ1v) is 5.54. The zero-order chi connectivity index (χ0) is 8.97. The van der Waals surface area contributed by atoms with E-state index in [1.807, 2.05) is 0 Å². The summed E-state index contributed by atoms with van der Waals surface area (Å²) in [5.41, 5.74) is 0. The smallest absolute Gasteiger partial charge is 0.00951 e. The first-order chi connectivity index (χ1) is 5.77. The molecule has 2 unspecified atom stereocenters.